The van der Waals surface area contributed by atoms with Crippen LogP contribution in [0.3, 0.4) is 0 Å². The molecule has 0 unspecified atom stereocenters. The molecule has 1 aromatic carbocycles. The normalized spacial score (nSPS) is 13.1. The molecule has 1 aliphatic rings. The summed E-state index contributed by atoms with van der Waals surface area (Å²) in [4.78, 5) is 23.3. The molecule has 1 aliphatic heterocycles. The Balaban J connectivity index is 0.000000956. The molecule has 200 valence electrons. The van der Waals surface area contributed by atoms with Gasteiger partial charge in [0.15, 0.2) is 5.82 Å². The molecule has 0 atom stereocenters. The first-order chi connectivity index (χ1) is 18.6. The fourth-order valence-electron chi connectivity index (χ4n) is 4.16. The van der Waals surface area contributed by atoms with Gasteiger partial charge in [-0.05, 0) is 60.7 Å². The summed E-state index contributed by atoms with van der Waals surface area (Å²) >= 11 is 0. The average molecular weight is 536 g/mol. The second kappa shape index (κ2) is 13.8. The SMILES string of the molecule is FF.FF.O=C(Nc1ccc(N2CCC(c3cccc(F)c3)CC2)nc1)c1cn(-c2ccccn2)nc1F. The first-order valence-electron chi connectivity index (χ1n) is 11.3. The van der Waals surface area contributed by atoms with E-state index >= 15 is 0 Å². The zero-order valence-electron chi connectivity index (χ0n) is 19.7. The summed E-state index contributed by atoms with van der Waals surface area (Å²) in [6, 6.07) is 15.5. The van der Waals surface area contributed by atoms with E-state index in [-0.39, 0.29) is 11.4 Å². The van der Waals surface area contributed by atoms with Crippen LogP contribution in [-0.4, -0.2) is 38.7 Å². The quantitative estimate of drug-likeness (QED) is 0.305. The molecule has 13 heteroatoms. The van der Waals surface area contributed by atoms with Crippen LogP contribution in [0.25, 0.3) is 5.82 Å². The first-order valence-corrected chi connectivity index (χ1v) is 11.3. The number of halogens is 6. The predicted octanol–water partition coefficient (Wildman–Crippen LogP) is 6.26. The Labute approximate surface area is 213 Å². The minimum atomic E-state index is -0.881. The molecule has 4 heterocycles. The number of aromatic nitrogens is 4. The van der Waals surface area contributed by atoms with Crippen LogP contribution in [0.1, 0.15) is 34.7 Å². The van der Waals surface area contributed by atoms with Crippen molar-refractivity contribution in [2.24, 2.45) is 0 Å². The van der Waals surface area contributed by atoms with Gasteiger partial charge in [0, 0.05) is 43.8 Å². The zero-order valence-corrected chi connectivity index (χ0v) is 19.7. The zero-order chi connectivity index (χ0) is 27.5. The molecule has 0 aliphatic carbocycles. The highest BCUT2D eigenvalue weighted by Crippen LogP contribution is 2.30. The topological polar surface area (TPSA) is 75.9 Å². The largest absolute Gasteiger partial charge is 0.357 e. The number of carbonyl (C=O) groups is 1. The number of pyridine rings is 2. The van der Waals surface area contributed by atoms with Gasteiger partial charge in [0.25, 0.3) is 5.91 Å². The maximum atomic E-state index is 14.3. The second-order valence-corrected chi connectivity index (χ2v) is 8.14. The van der Waals surface area contributed by atoms with Gasteiger partial charge in [0.1, 0.15) is 17.2 Å². The maximum Gasteiger partial charge on any atom is 0.262 e. The van der Waals surface area contributed by atoms with Gasteiger partial charge in [0.2, 0.25) is 5.95 Å². The Morgan fingerprint density at radius 1 is 0.895 bits per heavy atom. The van der Waals surface area contributed by atoms with Crippen LogP contribution in [0, 0.1) is 11.8 Å². The number of hydrogen-bond donors (Lipinski definition) is 1. The summed E-state index contributed by atoms with van der Waals surface area (Å²) in [5.74, 6) is -0.174. The molecule has 38 heavy (non-hydrogen) atoms. The molecule has 7 nitrogen and oxygen atoms in total. The number of anilines is 2. The number of carbonyl (C=O) groups excluding carboxylic acids is 1. The smallest absolute Gasteiger partial charge is 0.262 e. The molecular weight excluding hydrogens is 514 g/mol. The van der Waals surface area contributed by atoms with Crippen LogP contribution in [0.4, 0.5) is 38.6 Å². The molecule has 0 radical (unpaired) electrons. The van der Waals surface area contributed by atoms with E-state index in [4.69, 9.17) is 18.3 Å². The molecular formula is C25H22F6N6O. The highest BCUT2D eigenvalue weighted by Gasteiger charge is 2.22. The number of nitrogens with zero attached hydrogens (tertiary/aromatic N) is 5. The molecule has 3 aromatic heterocycles. The van der Waals surface area contributed by atoms with Gasteiger partial charge < -0.3 is 10.2 Å². The van der Waals surface area contributed by atoms with Gasteiger partial charge in [-0.15, -0.1) is 5.10 Å². The molecule has 0 bridgehead atoms. The highest BCUT2D eigenvalue weighted by atomic mass is 20.0. The Bertz CT molecular complexity index is 1300. The van der Waals surface area contributed by atoms with Crippen LogP contribution < -0.4 is 10.2 Å². The van der Waals surface area contributed by atoms with E-state index in [0.717, 1.165) is 37.3 Å². The monoisotopic (exact) mass is 536 g/mol. The lowest BCUT2D eigenvalue weighted by Crippen LogP contribution is -2.33. The van der Waals surface area contributed by atoms with Gasteiger partial charge in [-0.1, -0.05) is 18.2 Å². The molecule has 1 amide bonds. The first kappa shape index (κ1) is 28.2. The number of piperidine rings is 1. The summed E-state index contributed by atoms with van der Waals surface area (Å²) in [5, 5.41) is 6.39. The van der Waals surface area contributed by atoms with E-state index < -0.39 is 11.9 Å². The summed E-state index contributed by atoms with van der Waals surface area (Å²) in [5.41, 5.74) is 1.30. The highest BCUT2D eigenvalue weighted by molar-refractivity contribution is 6.04. The maximum absolute atomic E-state index is 14.3. The third-order valence-electron chi connectivity index (χ3n) is 5.94. The van der Waals surface area contributed by atoms with Crippen LogP contribution >= 0.6 is 0 Å². The molecule has 1 fully saturated rings. The minimum Gasteiger partial charge on any atom is -0.357 e. The number of hydrogen-bond acceptors (Lipinski definition) is 5. The molecule has 1 N–H and O–H groups in total. The van der Waals surface area contributed by atoms with Crippen molar-refractivity contribution in [2.75, 3.05) is 23.3 Å². The van der Waals surface area contributed by atoms with Gasteiger partial charge in [-0.2, -0.15) is 4.39 Å². The van der Waals surface area contributed by atoms with Crippen LogP contribution in [0.2, 0.25) is 0 Å². The van der Waals surface area contributed by atoms with Crippen molar-refractivity contribution in [2.45, 2.75) is 18.8 Å². The Morgan fingerprint density at radius 3 is 2.29 bits per heavy atom. The summed E-state index contributed by atoms with van der Waals surface area (Å²) in [6.45, 7) is 1.61. The third-order valence-corrected chi connectivity index (χ3v) is 5.94. The van der Waals surface area contributed by atoms with Crippen LogP contribution in [-0.2, 0) is 0 Å². The standard InChI is InChI=1S/C25H22F2N6O.2F2/c26-19-5-3-4-18(14-19)17-9-12-32(13-10-17)22-8-7-20(15-29-22)30-25(34)21-16-33(31-24(21)27)23-6-1-2-11-28-23;2*1-2/h1-8,11,14-17H,9-10,12-13H2,(H,30,34);;. The summed E-state index contributed by atoms with van der Waals surface area (Å²) in [6.07, 6.45) is 6.22. The summed E-state index contributed by atoms with van der Waals surface area (Å²) < 4.78 is 61.0. The van der Waals surface area contributed by atoms with Crippen molar-refractivity contribution in [1.29, 1.82) is 0 Å². The molecule has 5 rings (SSSR count). The summed E-state index contributed by atoms with van der Waals surface area (Å²) in [7, 11) is 0. The van der Waals surface area contributed by atoms with Crippen LogP contribution in [0.15, 0.2) is 73.2 Å². The Kier molecular flexibility index (Phi) is 10.2. The van der Waals surface area contributed by atoms with Crippen molar-refractivity contribution in [3.63, 3.8) is 0 Å². The van der Waals surface area contributed by atoms with Crippen molar-refractivity contribution in [3.05, 3.63) is 96.1 Å². The van der Waals surface area contributed by atoms with E-state index in [1.54, 1.807) is 48.8 Å². The van der Waals surface area contributed by atoms with Gasteiger partial charge in [-0.25, -0.2) is 19.0 Å². The number of benzene rings is 1. The van der Waals surface area contributed by atoms with E-state index in [0.29, 0.717) is 17.4 Å². The number of nitrogens with one attached hydrogen (secondary N) is 1. The Hall–Kier alpha value is -4.42. The molecule has 0 saturated carbocycles. The fraction of sp³-hybridized carbons (Fsp3) is 0.200. The van der Waals surface area contributed by atoms with E-state index in [9.17, 15) is 13.6 Å². The number of amides is 1. The lowest BCUT2D eigenvalue weighted by atomic mass is 9.89. The molecule has 4 aromatic rings. The lowest BCUT2D eigenvalue weighted by molar-refractivity contribution is 0.102. The molecule has 0 spiro atoms. The predicted molar refractivity (Wildman–Crippen MR) is 129 cm³/mol. The second-order valence-electron chi connectivity index (χ2n) is 8.14. The van der Waals surface area contributed by atoms with E-state index in [1.165, 1.54) is 16.9 Å². The van der Waals surface area contributed by atoms with Gasteiger partial charge in [0.05, 0.1) is 11.9 Å². The van der Waals surface area contributed by atoms with Crippen molar-refractivity contribution < 1.29 is 31.9 Å². The molecule has 1 saturated heterocycles. The average Bonchev–Trinajstić information content (AvgIpc) is 3.38. The van der Waals surface area contributed by atoms with Crippen molar-refractivity contribution >= 4 is 17.4 Å². The van der Waals surface area contributed by atoms with Gasteiger partial charge >= 0.3 is 0 Å². The fourth-order valence-corrected chi connectivity index (χ4v) is 4.16. The lowest BCUT2D eigenvalue weighted by Gasteiger charge is -2.33. The number of rotatable bonds is 5. The van der Waals surface area contributed by atoms with Gasteiger partial charge in [-0.3, -0.25) is 4.79 Å². The Morgan fingerprint density at radius 2 is 1.66 bits per heavy atom. The minimum absolute atomic E-state index is 0.186. The van der Waals surface area contributed by atoms with E-state index in [2.05, 4.69) is 25.3 Å². The third kappa shape index (κ3) is 6.87. The van der Waals surface area contributed by atoms with Crippen molar-refractivity contribution in [1.82, 2.24) is 19.7 Å². The van der Waals surface area contributed by atoms with Crippen molar-refractivity contribution in [3.8, 4) is 5.82 Å². The van der Waals surface area contributed by atoms with Crippen LogP contribution in [0.5, 0.6) is 0 Å². The van der Waals surface area contributed by atoms with E-state index in [1.807, 2.05) is 12.1 Å².